The maximum atomic E-state index is 4.63. The van der Waals surface area contributed by atoms with Gasteiger partial charge < -0.3 is 20.1 Å². The molecule has 0 unspecified atom stereocenters. The molecule has 0 aliphatic carbocycles. The molecule has 1 fully saturated rings. The normalized spacial score (nSPS) is 15.0. The summed E-state index contributed by atoms with van der Waals surface area (Å²) in [6.07, 6.45) is 9.09. The summed E-state index contributed by atoms with van der Waals surface area (Å²) in [6, 6.07) is 8.02. The Morgan fingerprint density at radius 2 is 1.88 bits per heavy atom. The van der Waals surface area contributed by atoms with Gasteiger partial charge in [0.25, 0.3) is 0 Å². The first-order chi connectivity index (χ1) is 15.7. The third-order valence-corrected chi connectivity index (χ3v) is 5.85. The molecule has 0 saturated carbocycles. The van der Waals surface area contributed by atoms with E-state index in [1.54, 1.807) is 10.8 Å². The lowest BCUT2D eigenvalue weighted by molar-refractivity contribution is 0.312. The standard InChI is InChI=1S/C22H22N10/c1-30-6-8-31(9-7-30)19-5-3-16(10-23-19)28-22-25-12-18-17(11-24-21(18)29-22)15-2-4-20-26-14-27-32(20)13-15/h2-5,10-14H,6-9H2,1H3,(H2,24,25,28,29). The molecule has 32 heavy (non-hydrogen) atoms. The molecule has 1 aliphatic heterocycles. The molecule has 10 nitrogen and oxygen atoms in total. The minimum absolute atomic E-state index is 0.520. The van der Waals surface area contributed by atoms with Gasteiger partial charge in [-0.2, -0.15) is 10.1 Å². The van der Waals surface area contributed by atoms with Gasteiger partial charge in [-0.25, -0.2) is 19.5 Å². The number of H-pyrrole nitrogens is 1. The molecule has 0 amide bonds. The number of pyridine rings is 2. The lowest BCUT2D eigenvalue weighted by atomic mass is 10.1. The molecular formula is C22H22N10. The number of hydrogen-bond acceptors (Lipinski definition) is 8. The zero-order valence-corrected chi connectivity index (χ0v) is 17.6. The molecule has 5 aromatic rings. The quantitative estimate of drug-likeness (QED) is 0.452. The number of nitrogens with zero attached hydrogens (tertiary/aromatic N) is 8. The largest absolute Gasteiger partial charge is 0.354 e. The van der Waals surface area contributed by atoms with Crippen molar-refractivity contribution in [2.75, 3.05) is 43.4 Å². The Bertz CT molecular complexity index is 1380. The van der Waals surface area contributed by atoms with Gasteiger partial charge >= 0.3 is 0 Å². The third kappa shape index (κ3) is 3.40. The molecule has 10 heteroatoms. The Hall–Kier alpha value is -4.05. The fraction of sp³-hybridized carbons (Fsp3) is 0.227. The molecule has 1 aliphatic rings. The molecule has 2 N–H and O–H groups in total. The van der Waals surface area contributed by atoms with Crippen molar-refractivity contribution in [2.45, 2.75) is 0 Å². The van der Waals surface area contributed by atoms with Crippen LogP contribution in [0.5, 0.6) is 0 Å². The van der Waals surface area contributed by atoms with Crippen molar-refractivity contribution in [3.8, 4) is 11.1 Å². The maximum Gasteiger partial charge on any atom is 0.229 e. The summed E-state index contributed by atoms with van der Waals surface area (Å²) in [5.41, 5.74) is 4.46. The number of fused-ring (bicyclic) bond motifs is 2. The molecular weight excluding hydrogens is 404 g/mol. The fourth-order valence-corrected chi connectivity index (χ4v) is 3.99. The average Bonchev–Trinajstić information content (AvgIpc) is 3.46. The smallest absolute Gasteiger partial charge is 0.229 e. The lowest BCUT2D eigenvalue weighted by Crippen LogP contribution is -2.44. The van der Waals surface area contributed by atoms with Crippen LogP contribution in [0.3, 0.4) is 0 Å². The van der Waals surface area contributed by atoms with E-state index in [0.717, 1.165) is 65.5 Å². The van der Waals surface area contributed by atoms with Gasteiger partial charge in [-0.05, 0) is 31.3 Å². The van der Waals surface area contributed by atoms with Crippen molar-refractivity contribution >= 4 is 34.1 Å². The van der Waals surface area contributed by atoms with Crippen molar-refractivity contribution in [1.29, 1.82) is 0 Å². The minimum atomic E-state index is 0.520. The van der Waals surface area contributed by atoms with Gasteiger partial charge in [0.2, 0.25) is 5.95 Å². The number of aromatic amines is 1. The van der Waals surface area contributed by atoms with Crippen LogP contribution in [-0.4, -0.2) is 72.7 Å². The second-order valence-corrected chi connectivity index (χ2v) is 7.96. The van der Waals surface area contributed by atoms with E-state index >= 15 is 0 Å². The van der Waals surface area contributed by atoms with Gasteiger partial charge in [0.1, 0.15) is 17.8 Å². The number of nitrogens with one attached hydrogen (secondary N) is 2. The van der Waals surface area contributed by atoms with E-state index < -0.39 is 0 Å². The van der Waals surface area contributed by atoms with Crippen LogP contribution in [0, 0.1) is 0 Å². The molecule has 0 atom stereocenters. The summed E-state index contributed by atoms with van der Waals surface area (Å²) < 4.78 is 1.75. The molecule has 5 aromatic heterocycles. The van der Waals surface area contributed by atoms with E-state index in [9.17, 15) is 0 Å². The first kappa shape index (κ1) is 18.7. The Morgan fingerprint density at radius 3 is 2.72 bits per heavy atom. The van der Waals surface area contributed by atoms with Crippen LogP contribution < -0.4 is 10.2 Å². The molecule has 0 radical (unpaired) electrons. The van der Waals surface area contributed by atoms with Gasteiger partial charge in [0.15, 0.2) is 5.65 Å². The van der Waals surface area contributed by atoms with Crippen molar-refractivity contribution in [3.05, 3.63) is 55.4 Å². The van der Waals surface area contributed by atoms with E-state index in [1.165, 1.54) is 0 Å². The molecule has 0 spiro atoms. The van der Waals surface area contributed by atoms with E-state index in [-0.39, 0.29) is 0 Å². The van der Waals surface area contributed by atoms with Gasteiger partial charge in [-0.15, -0.1) is 0 Å². The van der Waals surface area contributed by atoms with Crippen LogP contribution in [0.1, 0.15) is 0 Å². The van der Waals surface area contributed by atoms with Crippen LogP contribution in [0.15, 0.2) is 55.4 Å². The number of likely N-dealkylation sites (N-methyl/N-ethyl adjacent to an activating group) is 1. The molecule has 0 bridgehead atoms. The molecule has 0 aromatic carbocycles. The Morgan fingerprint density at radius 1 is 0.969 bits per heavy atom. The maximum absolute atomic E-state index is 4.63. The zero-order valence-electron chi connectivity index (χ0n) is 17.6. The SMILES string of the molecule is CN1CCN(c2ccc(Nc3ncc4c(-c5ccc6ncnn6c5)c[nH]c4n3)cn2)CC1. The van der Waals surface area contributed by atoms with E-state index in [2.05, 4.69) is 52.2 Å². The summed E-state index contributed by atoms with van der Waals surface area (Å²) in [5, 5.41) is 8.40. The van der Waals surface area contributed by atoms with Crippen molar-refractivity contribution in [2.24, 2.45) is 0 Å². The van der Waals surface area contributed by atoms with E-state index in [0.29, 0.717) is 5.95 Å². The number of aromatic nitrogens is 7. The highest BCUT2D eigenvalue weighted by atomic mass is 15.3. The predicted octanol–water partition coefficient (Wildman–Crippen LogP) is 2.56. The molecule has 1 saturated heterocycles. The second-order valence-electron chi connectivity index (χ2n) is 7.96. The summed E-state index contributed by atoms with van der Waals surface area (Å²) in [7, 11) is 2.15. The van der Waals surface area contributed by atoms with Crippen molar-refractivity contribution < 1.29 is 0 Å². The highest BCUT2D eigenvalue weighted by Crippen LogP contribution is 2.28. The third-order valence-electron chi connectivity index (χ3n) is 5.85. The Balaban J connectivity index is 1.22. The van der Waals surface area contributed by atoms with Gasteiger partial charge in [0.05, 0.1) is 11.9 Å². The van der Waals surface area contributed by atoms with E-state index in [1.807, 2.05) is 49.1 Å². The number of rotatable bonds is 4. The van der Waals surface area contributed by atoms with E-state index in [4.69, 9.17) is 0 Å². The van der Waals surface area contributed by atoms with Crippen LogP contribution in [0.4, 0.5) is 17.5 Å². The number of piperazine rings is 1. The monoisotopic (exact) mass is 426 g/mol. The molecule has 6 rings (SSSR count). The number of anilines is 3. The van der Waals surface area contributed by atoms with Gasteiger partial charge in [-0.3, -0.25) is 0 Å². The topological polar surface area (TPSA) is 103 Å². The summed E-state index contributed by atoms with van der Waals surface area (Å²) in [6.45, 7) is 4.10. The van der Waals surface area contributed by atoms with Crippen LogP contribution in [0.25, 0.3) is 27.8 Å². The van der Waals surface area contributed by atoms with Crippen LogP contribution in [-0.2, 0) is 0 Å². The average molecular weight is 426 g/mol. The fourth-order valence-electron chi connectivity index (χ4n) is 3.99. The highest BCUT2D eigenvalue weighted by molar-refractivity contribution is 5.93. The Kier molecular flexibility index (Phi) is 4.43. The second kappa shape index (κ2) is 7.57. The number of hydrogen-bond donors (Lipinski definition) is 2. The zero-order chi connectivity index (χ0) is 21.5. The molecule has 6 heterocycles. The Labute approximate surface area is 184 Å². The van der Waals surface area contributed by atoms with Gasteiger partial charge in [0, 0.05) is 61.3 Å². The summed E-state index contributed by atoms with van der Waals surface area (Å²) in [5.74, 6) is 1.52. The summed E-state index contributed by atoms with van der Waals surface area (Å²) in [4.78, 5) is 25.8. The highest BCUT2D eigenvalue weighted by Gasteiger charge is 2.15. The van der Waals surface area contributed by atoms with Crippen molar-refractivity contribution in [1.82, 2.24) is 39.4 Å². The molecule has 160 valence electrons. The summed E-state index contributed by atoms with van der Waals surface area (Å²) >= 11 is 0. The predicted molar refractivity (Wildman–Crippen MR) is 123 cm³/mol. The lowest BCUT2D eigenvalue weighted by Gasteiger charge is -2.33. The van der Waals surface area contributed by atoms with Crippen LogP contribution in [0.2, 0.25) is 0 Å². The van der Waals surface area contributed by atoms with Crippen molar-refractivity contribution in [3.63, 3.8) is 0 Å². The van der Waals surface area contributed by atoms with Gasteiger partial charge in [-0.1, -0.05) is 0 Å². The minimum Gasteiger partial charge on any atom is -0.354 e. The van der Waals surface area contributed by atoms with Crippen LogP contribution >= 0.6 is 0 Å². The first-order valence-electron chi connectivity index (χ1n) is 10.5. The first-order valence-corrected chi connectivity index (χ1v) is 10.5.